The number of hydrogen-bond acceptors (Lipinski definition) is 9. The number of unbranched alkanes of at least 4 members (excludes halogenated alkanes) is 24. The number of esters is 2. The van der Waals surface area contributed by atoms with Gasteiger partial charge in [-0.1, -0.05) is 216 Å². The lowest BCUT2D eigenvalue weighted by Gasteiger charge is -2.20. The van der Waals surface area contributed by atoms with Crippen LogP contribution in [-0.2, 0) is 37.5 Å². The zero-order valence-electron chi connectivity index (χ0n) is 41.1. The quantitative estimate of drug-likeness (QED) is 0.0229. The molecular formula is C53H94NO10P. The molecule has 0 spiro atoms. The van der Waals surface area contributed by atoms with Crippen molar-refractivity contribution < 1.29 is 47.5 Å². The van der Waals surface area contributed by atoms with Crippen LogP contribution in [0.3, 0.4) is 0 Å². The number of nitrogens with two attached hydrogens (primary N) is 1. The Kier molecular flexibility index (Phi) is 45.6. The Morgan fingerprint density at radius 3 is 1.29 bits per heavy atom. The van der Waals surface area contributed by atoms with Crippen LogP contribution >= 0.6 is 7.82 Å². The van der Waals surface area contributed by atoms with Crippen LogP contribution in [0.2, 0.25) is 0 Å². The maximum absolute atomic E-state index is 12.7. The van der Waals surface area contributed by atoms with Crippen LogP contribution in [0, 0.1) is 0 Å². The average Bonchev–Trinajstić information content (AvgIpc) is 3.28. The first-order chi connectivity index (χ1) is 31.6. The minimum atomic E-state index is -4.73. The monoisotopic (exact) mass is 936 g/mol. The lowest BCUT2D eigenvalue weighted by Crippen LogP contribution is -2.34. The zero-order chi connectivity index (χ0) is 47.7. The standard InChI is InChI=1S/C53H94NO10P/c1-3-5-7-9-11-13-15-17-19-21-23-24-25-27-28-30-32-34-36-38-40-42-44-51(55)61-46-49(47-62-65(59,60)63-48-50(54)53(57)58)64-52(56)45-43-41-39-37-35-33-31-29-26-22-20-18-16-14-12-10-8-6-4-2/h6,8,12,14,18,20,26,29,33,35,49-50H,3-5,7,9-11,13,15-17,19,21-25,27-28,30-32,34,36-48,54H2,1-2H3,(H,57,58)(H,59,60)/b8-6-,14-12-,20-18-,29-26-,35-33-. The molecule has 65 heavy (non-hydrogen) atoms. The molecule has 11 nitrogen and oxygen atoms in total. The topological polar surface area (TPSA) is 172 Å². The summed E-state index contributed by atoms with van der Waals surface area (Å²) in [5.41, 5.74) is 5.35. The number of phosphoric acid groups is 1. The predicted molar refractivity (Wildman–Crippen MR) is 268 cm³/mol. The molecule has 3 atom stereocenters. The summed E-state index contributed by atoms with van der Waals surface area (Å²) < 4.78 is 32.8. The van der Waals surface area contributed by atoms with Crippen LogP contribution < -0.4 is 5.73 Å². The Morgan fingerprint density at radius 2 is 0.862 bits per heavy atom. The van der Waals surface area contributed by atoms with Gasteiger partial charge in [0.2, 0.25) is 0 Å². The summed E-state index contributed by atoms with van der Waals surface area (Å²) in [7, 11) is -4.73. The summed E-state index contributed by atoms with van der Waals surface area (Å²) >= 11 is 0. The van der Waals surface area contributed by atoms with Crippen LogP contribution in [0.25, 0.3) is 0 Å². The van der Waals surface area contributed by atoms with E-state index in [0.29, 0.717) is 12.8 Å². The van der Waals surface area contributed by atoms with Gasteiger partial charge in [-0.15, -0.1) is 0 Å². The van der Waals surface area contributed by atoms with Gasteiger partial charge in [-0.2, -0.15) is 0 Å². The minimum Gasteiger partial charge on any atom is -0.480 e. The van der Waals surface area contributed by atoms with Crippen molar-refractivity contribution in [3.8, 4) is 0 Å². The van der Waals surface area contributed by atoms with Gasteiger partial charge < -0.3 is 25.2 Å². The van der Waals surface area contributed by atoms with E-state index in [-0.39, 0.29) is 19.4 Å². The Labute approximate surface area is 396 Å². The van der Waals surface area contributed by atoms with Gasteiger partial charge in [0.25, 0.3) is 0 Å². The van der Waals surface area contributed by atoms with Crippen molar-refractivity contribution >= 4 is 25.7 Å². The number of aliphatic carboxylic acids is 1. The highest BCUT2D eigenvalue weighted by molar-refractivity contribution is 7.47. The molecule has 0 rings (SSSR count). The largest absolute Gasteiger partial charge is 0.480 e. The van der Waals surface area contributed by atoms with Gasteiger partial charge in [-0.3, -0.25) is 23.4 Å². The van der Waals surface area contributed by atoms with Gasteiger partial charge in [0.05, 0.1) is 13.2 Å². The molecule has 0 aromatic carbocycles. The third kappa shape index (κ3) is 47.5. The lowest BCUT2D eigenvalue weighted by molar-refractivity contribution is -0.161. The molecule has 4 N–H and O–H groups in total. The molecule has 0 heterocycles. The molecule has 0 bridgehead atoms. The number of carbonyl (C=O) groups is 3. The molecule has 0 fully saturated rings. The maximum atomic E-state index is 12.7. The molecule has 376 valence electrons. The number of carboxylic acids is 1. The number of ether oxygens (including phenoxy) is 2. The smallest absolute Gasteiger partial charge is 0.472 e. The van der Waals surface area contributed by atoms with E-state index in [2.05, 4.69) is 79.1 Å². The summed E-state index contributed by atoms with van der Waals surface area (Å²) in [6.45, 7) is 2.69. The first-order valence-electron chi connectivity index (χ1n) is 25.8. The molecule has 0 amide bonds. The molecule has 0 radical (unpaired) electrons. The van der Waals surface area contributed by atoms with Crippen LogP contribution in [0.4, 0.5) is 0 Å². The molecule has 0 saturated carbocycles. The second kappa shape index (κ2) is 47.7. The molecule has 0 aromatic heterocycles. The van der Waals surface area contributed by atoms with Crippen molar-refractivity contribution in [2.45, 2.75) is 238 Å². The molecule has 0 aliphatic rings. The number of rotatable bonds is 48. The van der Waals surface area contributed by atoms with Gasteiger partial charge in [0.1, 0.15) is 12.6 Å². The maximum Gasteiger partial charge on any atom is 0.472 e. The second-order valence-electron chi connectivity index (χ2n) is 17.3. The molecule has 0 aliphatic heterocycles. The van der Waals surface area contributed by atoms with Crippen LogP contribution in [0.1, 0.15) is 226 Å². The van der Waals surface area contributed by atoms with E-state index in [4.69, 9.17) is 24.8 Å². The Bertz CT molecular complexity index is 1330. The number of carboxylic acid groups (broad SMARTS) is 1. The molecule has 0 aliphatic carbocycles. The Morgan fingerprint density at radius 1 is 0.492 bits per heavy atom. The fourth-order valence-corrected chi connectivity index (χ4v) is 7.81. The normalized spacial score (nSPS) is 14.0. The van der Waals surface area contributed by atoms with Crippen molar-refractivity contribution in [1.82, 2.24) is 0 Å². The SMILES string of the molecule is CC/C=C\C/C=C\C/C=C\C/C=C\C/C=C\CCCCCC(=O)OC(COC(=O)CCCCCCCCCCCCCCCCCCCCCCCC)COP(=O)(O)OCC(N)C(=O)O. The predicted octanol–water partition coefficient (Wildman–Crippen LogP) is 14.7. The van der Waals surface area contributed by atoms with Crippen molar-refractivity contribution in [3.63, 3.8) is 0 Å². The van der Waals surface area contributed by atoms with E-state index in [1.165, 1.54) is 116 Å². The Hall–Kier alpha value is -2.82. The summed E-state index contributed by atoms with van der Waals surface area (Å²) in [5.74, 6) is -2.41. The van der Waals surface area contributed by atoms with Gasteiger partial charge >= 0.3 is 25.7 Å². The van der Waals surface area contributed by atoms with E-state index in [1.807, 2.05) is 0 Å². The van der Waals surface area contributed by atoms with Crippen LogP contribution in [0.5, 0.6) is 0 Å². The highest BCUT2D eigenvalue weighted by atomic mass is 31.2. The molecular weight excluding hydrogens is 842 g/mol. The number of carbonyl (C=O) groups excluding carboxylic acids is 2. The zero-order valence-corrected chi connectivity index (χ0v) is 42.0. The third-order valence-corrected chi connectivity index (χ3v) is 12.0. The summed E-state index contributed by atoms with van der Waals surface area (Å²) in [4.78, 5) is 46.2. The van der Waals surface area contributed by atoms with E-state index < -0.39 is 51.1 Å². The Balaban J connectivity index is 4.27. The number of allylic oxidation sites excluding steroid dienone is 10. The lowest BCUT2D eigenvalue weighted by atomic mass is 10.0. The van der Waals surface area contributed by atoms with Crippen LogP contribution in [-0.4, -0.2) is 59.9 Å². The van der Waals surface area contributed by atoms with Crippen LogP contribution in [0.15, 0.2) is 60.8 Å². The van der Waals surface area contributed by atoms with E-state index >= 15 is 0 Å². The molecule has 0 aromatic rings. The van der Waals surface area contributed by atoms with Crippen molar-refractivity contribution in [1.29, 1.82) is 0 Å². The fraction of sp³-hybridized carbons (Fsp3) is 0.755. The summed E-state index contributed by atoms with van der Waals surface area (Å²) in [6, 6.07) is -1.53. The van der Waals surface area contributed by atoms with Gasteiger partial charge in [0.15, 0.2) is 6.10 Å². The number of phosphoric ester groups is 1. The highest BCUT2D eigenvalue weighted by Gasteiger charge is 2.28. The summed E-state index contributed by atoms with van der Waals surface area (Å²) in [5, 5.41) is 8.92. The van der Waals surface area contributed by atoms with E-state index in [0.717, 1.165) is 70.6 Å². The summed E-state index contributed by atoms with van der Waals surface area (Å²) in [6.07, 6.45) is 57.2. The molecule has 0 saturated heterocycles. The highest BCUT2D eigenvalue weighted by Crippen LogP contribution is 2.43. The average molecular weight is 936 g/mol. The van der Waals surface area contributed by atoms with Gasteiger partial charge in [-0.05, 0) is 57.8 Å². The molecule has 3 unspecified atom stereocenters. The van der Waals surface area contributed by atoms with E-state index in [9.17, 15) is 23.8 Å². The molecule has 12 heteroatoms. The minimum absolute atomic E-state index is 0.121. The third-order valence-electron chi connectivity index (χ3n) is 11.0. The van der Waals surface area contributed by atoms with Crippen molar-refractivity contribution in [2.24, 2.45) is 5.73 Å². The fourth-order valence-electron chi connectivity index (χ4n) is 7.03. The first kappa shape index (κ1) is 62.2. The van der Waals surface area contributed by atoms with Gasteiger partial charge in [-0.25, -0.2) is 4.57 Å². The van der Waals surface area contributed by atoms with Crippen molar-refractivity contribution in [3.05, 3.63) is 60.8 Å². The van der Waals surface area contributed by atoms with E-state index in [1.54, 1.807) is 0 Å². The van der Waals surface area contributed by atoms with Gasteiger partial charge in [0, 0.05) is 12.8 Å². The first-order valence-corrected chi connectivity index (χ1v) is 27.3. The number of hydrogen-bond donors (Lipinski definition) is 3. The van der Waals surface area contributed by atoms with Crippen molar-refractivity contribution in [2.75, 3.05) is 19.8 Å². The second-order valence-corrected chi connectivity index (χ2v) is 18.7.